The summed E-state index contributed by atoms with van der Waals surface area (Å²) in [5, 5.41) is 0. The van der Waals surface area contributed by atoms with Crippen LogP contribution >= 0.6 is 0 Å². The molecular weight excluding hydrogens is 218 g/mol. The average molecular weight is 237 g/mol. The van der Waals surface area contributed by atoms with Crippen molar-refractivity contribution >= 4 is 6.72 Å². The van der Waals surface area contributed by atoms with E-state index in [1.54, 1.807) is 0 Å². The summed E-state index contributed by atoms with van der Waals surface area (Å²) in [5.74, 6) is 0. The van der Waals surface area contributed by atoms with Gasteiger partial charge in [0.2, 0.25) is 0 Å². The van der Waals surface area contributed by atoms with Crippen LogP contribution in [0.4, 0.5) is 0 Å². The van der Waals surface area contributed by atoms with Gasteiger partial charge in [0.25, 0.3) is 0 Å². The van der Waals surface area contributed by atoms with Crippen LogP contribution < -0.4 is 0 Å². The number of allylic oxidation sites excluding steroid dienone is 7. The first kappa shape index (κ1) is 14.0. The van der Waals surface area contributed by atoms with E-state index in [1.165, 1.54) is 5.57 Å². The van der Waals surface area contributed by atoms with E-state index >= 15 is 0 Å². The Morgan fingerprint density at radius 1 is 1.39 bits per heavy atom. The first-order chi connectivity index (χ1) is 8.69. The maximum Gasteiger partial charge on any atom is 0.0680 e. The molecule has 0 heterocycles. The second-order valence-electron chi connectivity index (χ2n) is 4.17. The van der Waals surface area contributed by atoms with Crippen LogP contribution in [0.5, 0.6) is 0 Å². The van der Waals surface area contributed by atoms with Crippen LogP contribution in [0.2, 0.25) is 0 Å². The molecule has 1 nitrogen and oxygen atoms in total. The lowest BCUT2D eigenvalue weighted by Gasteiger charge is -2.12. The lowest BCUT2D eigenvalue weighted by molar-refractivity contribution is 0.922. The third-order valence-corrected chi connectivity index (χ3v) is 2.73. The number of rotatable bonds is 2. The van der Waals surface area contributed by atoms with Gasteiger partial charge in [0.05, 0.1) is 5.70 Å². The third-order valence-electron chi connectivity index (χ3n) is 2.73. The summed E-state index contributed by atoms with van der Waals surface area (Å²) in [4.78, 5) is 3.97. The molecule has 0 saturated heterocycles. The minimum atomic E-state index is 1.02. The van der Waals surface area contributed by atoms with E-state index in [4.69, 9.17) is 0 Å². The summed E-state index contributed by atoms with van der Waals surface area (Å²) >= 11 is 0. The van der Waals surface area contributed by atoms with Crippen molar-refractivity contribution in [1.29, 1.82) is 0 Å². The van der Waals surface area contributed by atoms with Gasteiger partial charge in [-0.25, -0.2) is 0 Å². The van der Waals surface area contributed by atoms with Crippen LogP contribution in [-0.2, 0) is 0 Å². The molecule has 18 heavy (non-hydrogen) atoms. The molecule has 0 aromatic rings. The third kappa shape index (κ3) is 4.07. The Hall–Kier alpha value is -2.07. The topological polar surface area (TPSA) is 12.4 Å². The van der Waals surface area contributed by atoms with Crippen LogP contribution in [0, 0.1) is 0 Å². The summed E-state index contributed by atoms with van der Waals surface area (Å²) in [5.41, 5.74) is 10.3. The predicted octanol–water partition coefficient (Wildman–Crippen LogP) is 4.68. The Balaban J connectivity index is 0.000000199. The molecule has 2 rings (SSSR count). The molecule has 0 aromatic carbocycles. The van der Waals surface area contributed by atoms with Crippen LogP contribution in [0.3, 0.4) is 0 Å². The molecule has 0 fully saturated rings. The summed E-state index contributed by atoms with van der Waals surface area (Å²) < 4.78 is 0. The first-order valence-electron chi connectivity index (χ1n) is 6.03. The van der Waals surface area contributed by atoms with Gasteiger partial charge in [-0.1, -0.05) is 42.3 Å². The van der Waals surface area contributed by atoms with Crippen molar-refractivity contribution in [2.24, 2.45) is 4.99 Å². The monoisotopic (exact) mass is 237 g/mol. The van der Waals surface area contributed by atoms with E-state index in [1.807, 2.05) is 31.2 Å². The van der Waals surface area contributed by atoms with E-state index in [0.717, 1.165) is 29.7 Å². The van der Waals surface area contributed by atoms with Crippen LogP contribution in [0.15, 0.2) is 75.8 Å². The van der Waals surface area contributed by atoms with Crippen LogP contribution in [0.25, 0.3) is 0 Å². The molecule has 0 atom stereocenters. The van der Waals surface area contributed by atoms with Crippen molar-refractivity contribution in [3.63, 3.8) is 0 Å². The Labute approximate surface area is 110 Å². The molecule has 0 unspecified atom stereocenters. The Bertz CT molecular complexity index is 526. The van der Waals surface area contributed by atoms with Crippen LogP contribution in [0.1, 0.15) is 26.7 Å². The molecule has 0 bridgehead atoms. The van der Waals surface area contributed by atoms with E-state index in [0.29, 0.717) is 0 Å². The second-order valence-corrected chi connectivity index (χ2v) is 4.17. The van der Waals surface area contributed by atoms with Gasteiger partial charge < -0.3 is 0 Å². The summed E-state index contributed by atoms with van der Waals surface area (Å²) in [6.45, 7) is 11.4. The van der Waals surface area contributed by atoms with Crippen molar-refractivity contribution in [3.05, 3.63) is 70.8 Å². The zero-order valence-electron chi connectivity index (χ0n) is 11.2. The van der Waals surface area contributed by atoms with E-state index in [2.05, 4.69) is 42.8 Å². The summed E-state index contributed by atoms with van der Waals surface area (Å²) in [6, 6.07) is 0. The lowest BCUT2D eigenvalue weighted by atomic mass is 9.97. The summed E-state index contributed by atoms with van der Waals surface area (Å²) in [6.07, 6.45) is 12.0. The van der Waals surface area contributed by atoms with E-state index < -0.39 is 0 Å². The molecule has 0 amide bonds. The first-order valence-corrected chi connectivity index (χ1v) is 6.03. The zero-order chi connectivity index (χ0) is 13.4. The number of nitrogens with zero attached hydrogens (tertiary/aromatic N) is 1. The largest absolute Gasteiger partial charge is 0.264 e. The van der Waals surface area contributed by atoms with Gasteiger partial charge in [-0.15, -0.1) is 0 Å². The molecule has 1 heteroatoms. The van der Waals surface area contributed by atoms with E-state index in [-0.39, 0.29) is 0 Å². The smallest absolute Gasteiger partial charge is 0.0680 e. The molecule has 0 saturated carbocycles. The fourth-order valence-corrected chi connectivity index (χ4v) is 1.75. The molecule has 0 aliphatic heterocycles. The van der Waals surface area contributed by atoms with Gasteiger partial charge in [0, 0.05) is 0 Å². The highest BCUT2D eigenvalue weighted by Crippen LogP contribution is 2.25. The van der Waals surface area contributed by atoms with Gasteiger partial charge in [0.1, 0.15) is 0 Å². The van der Waals surface area contributed by atoms with Crippen molar-refractivity contribution in [3.8, 4) is 0 Å². The van der Waals surface area contributed by atoms with Gasteiger partial charge in [-0.2, -0.15) is 0 Å². The maximum atomic E-state index is 3.97. The zero-order valence-corrected chi connectivity index (χ0v) is 11.2. The number of hydrogen-bond acceptors (Lipinski definition) is 1. The quantitative estimate of drug-likeness (QED) is 0.488. The normalized spacial score (nSPS) is 16.6. The van der Waals surface area contributed by atoms with Crippen molar-refractivity contribution in [2.45, 2.75) is 26.7 Å². The SMILES string of the molecule is C=CC1=CCCC(C)=C1N=C.CC1=C=C=CC=C1. The minimum Gasteiger partial charge on any atom is -0.264 e. The van der Waals surface area contributed by atoms with Gasteiger partial charge >= 0.3 is 0 Å². The Kier molecular flexibility index (Phi) is 5.67. The molecule has 0 spiro atoms. The highest BCUT2D eigenvalue weighted by Gasteiger charge is 2.08. The number of hydrogen-bond donors (Lipinski definition) is 0. The highest BCUT2D eigenvalue weighted by molar-refractivity contribution is 5.47. The molecule has 0 N–H and O–H groups in total. The van der Waals surface area contributed by atoms with Gasteiger partial charge in [0.15, 0.2) is 0 Å². The average Bonchev–Trinajstić information content (AvgIpc) is 2.40. The maximum absolute atomic E-state index is 3.97. The molecule has 0 aromatic heterocycles. The van der Waals surface area contributed by atoms with E-state index in [9.17, 15) is 0 Å². The second kappa shape index (κ2) is 7.29. The lowest BCUT2D eigenvalue weighted by Crippen LogP contribution is -1.94. The molecule has 2 aliphatic rings. The standard InChI is InChI=1S/C10H13N.C7H6/c1-4-9-7-5-6-8(2)10(9)11-3;1-7-5-3-2-4-6-7/h4,7H,1,3,5-6H2,2H3;2-3,5H,1H3. The van der Waals surface area contributed by atoms with Gasteiger partial charge in [-0.05, 0) is 56.2 Å². The Morgan fingerprint density at radius 3 is 2.56 bits per heavy atom. The highest BCUT2D eigenvalue weighted by atomic mass is 14.7. The molecule has 92 valence electrons. The predicted molar refractivity (Wildman–Crippen MR) is 79.7 cm³/mol. The fraction of sp³-hybridized carbons (Fsp3) is 0.235. The fourth-order valence-electron chi connectivity index (χ4n) is 1.75. The van der Waals surface area contributed by atoms with Crippen molar-refractivity contribution in [2.75, 3.05) is 0 Å². The summed E-state index contributed by atoms with van der Waals surface area (Å²) in [7, 11) is 0. The van der Waals surface area contributed by atoms with Crippen molar-refractivity contribution < 1.29 is 0 Å². The van der Waals surface area contributed by atoms with Gasteiger partial charge in [-0.3, -0.25) is 4.99 Å². The number of aliphatic imine (C=N–C) groups is 1. The van der Waals surface area contributed by atoms with Crippen LogP contribution in [-0.4, -0.2) is 6.72 Å². The minimum absolute atomic E-state index is 1.02. The molecular formula is C17H19N. The molecule has 0 radical (unpaired) electrons. The molecule has 2 aliphatic carbocycles. The van der Waals surface area contributed by atoms with Crippen molar-refractivity contribution in [1.82, 2.24) is 0 Å². The Morgan fingerprint density at radius 2 is 2.17 bits per heavy atom.